The van der Waals surface area contributed by atoms with Crippen LogP contribution >= 0.6 is 0 Å². The average molecular weight is 419 g/mol. The SMILES string of the molecule is CCC1(O)Cc2cc(/C=C(\Cc3oc4ccccc4c3C)C(=O)NC)cnc2NC1=O. The zero-order chi connectivity index (χ0) is 22.2. The van der Waals surface area contributed by atoms with E-state index in [0.29, 0.717) is 29.8 Å². The molecule has 0 spiro atoms. The first-order valence-electron chi connectivity index (χ1n) is 10.3. The number of furan rings is 1. The van der Waals surface area contributed by atoms with Crippen molar-refractivity contribution in [2.75, 3.05) is 12.4 Å². The third-order valence-corrected chi connectivity index (χ3v) is 5.86. The van der Waals surface area contributed by atoms with Gasteiger partial charge in [-0.1, -0.05) is 25.1 Å². The highest BCUT2D eigenvalue weighted by atomic mass is 16.3. The number of benzene rings is 1. The normalized spacial score (nSPS) is 18.6. The average Bonchev–Trinajstić information content (AvgIpc) is 3.09. The minimum atomic E-state index is -1.45. The molecule has 3 aromatic rings. The van der Waals surface area contributed by atoms with Gasteiger partial charge >= 0.3 is 0 Å². The number of nitrogens with one attached hydrogen (secondary N) is 2. The molecule has 1 atom stereocenters. The van der Waals surface area contributed by atoms with Crippen LogP contribution in [-0.4, -0.2) is 34.6 Å². The van der Waals surface area contributed by atoms with Crippen LogP contribution in [0.2, 0.25) is 0 Å². The lowest BCUT2D eigenvalue weighted by atomic mass is 9.87. The lowest BCUT2D eigenvalue weighted by Gasteiger charge is -2.31. The number of carbonyl (C=O) groups excluding carboxylic acids is 2. The minimum Gasteiger partial charge on any atom is -0.460 e. The van der Waals surface area contributed by atoms with E-state index in [1.165, 1.54) is 0 Å². The van der Waals surface area contributed by atoms with Crippen LogP contribution in [0.1, 0.15) is 35.8 Å². The van der Waals surface area contributed by atoms with Crippen molar-refractivity contribution in [1.29, 1.82) is 0 Å². The fourth-order valence-corrected chi connectivity index (χ4v) is 3.88. The summed E-state index contributed by atoms with van der Waals surface area (Å²) in [5.41, 5.74) is 2.30. The molecule has 0 radical (unpaired) electrons. The van der Waals surface area contributed by atoms with E-state index in [9.17, 15) is 14.7 Å². The summed E-state index contributed by atoms with van der Waals surface area (Å²) in [7, 11) is 1.59. The van der Waals surface area contributed by atoms with Gasteiger partial charge in [0.15, 0.2) is 0 Å². The number of rotatable bonds is 5. The molecule has 0 saturated heterocycles. The van der Waals surface area contributed by atoms with Gasteiger partial charge in [0.2, 0.25) is 5.91 Å². The van der Waals surface area contributed by atoms with E-state index in [1.807, 2.05) is 37.3 Å². The van der Waals surface area contributed by atoms with Gasteiger partial charge in [-0.15, -0.1) is 0 Å². The third kappa shape index (κ3) is 3.84. The maximum absolute atomic E-state index is 12.6. The molecule has 7 nitrogen and oxygen atoms in total. The molecule has 0 bridgehead atoms. The fraction of sp³-hybridized carbons (Fsp3) is 0.292. The number of hydrogen-bond donors (Lipinski definition) is 3. The van der Waals surface area contributed by atoms with Crippen LogP contribution < -0.4 is 10.6 Å². The molecule has 160 valence electrons. The van der Waals surface area contributed by atoms with E-state index >= 15 is 0 Å². The first-order chi connectivity index (χ1) is 14.8. The molecule has 3 N–H and O–H groups in total. The van der Waals surface area contributed by atoms with Crippen molar-refractivity contribution in [2.24, 2.45) is 0 Å². The predicted octanol–water partition coefficient (Wildman–Crippen LogP) is 3.14. The Morgan fingerprint density at radius 3 is 2.87 bits per heavy atom. The molecule has 1 aliphatic rings. The summed E-state index contributed by atoms with van der Waals surface area (Å²) >= 11 is 0. The lowest BCUT2D eigenvalue weighted by Crippen LogP contribution is -2.47. The highest BCUT2D eigenvalue weighted by Crippen LogP contribution is 2.30. The summed E-state index contributed by atoms with van der Waals surface area (Å²) in [5, 5.41) is 16.9. The third-order valence-electron chi connectivity index (χ3n) is 5.86. The molecule has 1 unspecified atom stereocenters. The number of carbonyl (C=O) groups is 2. The largest absolute Gasteiger partial charge is 0.460 e. The van der Waals surface area contributed by atoms with Gasteiger partial charge in [-0.2, -0.15) is 0 Å². The number of anilines is 1. The first-order valence-corrected chi connectivity index (χ1v) is 10.3. The van der Waals surface area contributed by atoms with Gasteiger partial charge in [0, 0.05) is 37.0 Å². The zero-order valence-electron chi connectivity index (χ0n) is 17.8. The lowest BCUT2D eigenvalue weighted by molar-refractivity contribution is -0.135. The molecule has 31 heavy (non-hydrogen) atoms. The topological polar surface area (TPSA) is 104 Å². The summed E-state index contributed by atoms with van der Waals surface area (Å²) in [6.07, 6.45) is 4.17. The summed E-state index contributed by atoms with van der Waals surface area (Å²) in [5.74, 6) is 0.519. The summed E-state index contributed by atoms with van der Waals surface area (Å²) in [6.45, 7) is 3.75. The Kier molecular flexibility index (Phi) is 5.37. The maximum Gasteiger partial charge on any atom is 0.257 e. The molecular formula is C24H25N3O4. The van der Waals surface area contributed by atoms with Gasteiger partial charge in [-0.25, -0.2) is 4.98 Å². The van der Waals surface area contributed by atoms with Gasteiger partial charge < -0.3 is 20.2 Å². The van der Waals surface area contributed by atoms with Crippen LogP contribution in [0.5, 0.6) is 0 Å². The van der Waals surface area contributed by atoms with E-state index < -0.39 is 11.5 Å². The number of aliphatic hydroxyl groups is 1. The minimum absolute atomic E-state index is 0.178. The summed E-state index contributed by atoms with van der Waals surface area (Å²) in [4.78, 5) is 29.0. The molecule has 2 aromatic heterocycles. The van der Waals surface area contributed by atoms with Gasteiger partial charge in [0.25, 0.3) is 5.91 Å². The highest BCUT2D eigenvalue weighted by Gasteiger charge is 2.39. The van der Waals surface area contributed by atoms with Crippen LogP contribution in [0.4, 0.5) is 5.82 Å². The van der Waals surface area contributed by atoms with Gasteiger partial charge in [0.05, 0.1) is 0 Å². The number of aryl methyl sites for hydroxylation is 1. The Balaban J connectivity index is 1.70. The first kappa shape index (κ1) is 20.8. The Morgan fingerprint density at radius 2 is 2.16 bits per heavy atom. The van der Waals surface area contributed by atoms with Crippen LogP contribution in [0.3, 0.4) is 0 Å². The number of amides is 2. The van der Waals surface area contributed by atoms with Crippen molar-refractivity contribution in [3.05, 3.63) is 64.6 Å². The second-order valence-electron chi connectivity index (χ2n) is 7.86. The summed E-state index contributed by atoms with van der Waals surface area (Å²) in [6, 6.07) is 9.62. The van der Waals surface area contributed by atoms with Crippen LogP contribution in [-0.2, 0) is 22.4 Å². The molecule has 0 aliphatic carbocycles. The van der Waals surface area contributed by atoms with E-state index in [-0.39, 0.29) is 12.3 Å². The number of hydrogen-bond acceptors (Lipinski definition) is 5. The zero-order valence-corrected chi connectivity index (χ0v) is 17.8. The molecular weight excluding hydrogens is 394 g/mol. The molecule has 4 rings (SSSR count). The number of aromatic nitrogens is 1. The highest BCUT2D eigenvalue weighted by molar-refractivity contribution is 6.00. The molecule has 1 aromatic carbocycles. The molecule has 3 heterocycles. The van der Waals surface area contributed by atoms with Crippen LogP contribution in [0.25, 0.3) is 17.0 Å². The Morgan fingerprint density at radius 1 is 1.39 bits per heavy atom. The van der Waals surface area contributed by atoms with Crippen molar-refractivity contribution in [3.63, 3.8) is 0 Å². The Hall–Kier alpha value is -3.45. The molecule has 0 saturated carbocycles. The Labute approximate surface area is 180 Å². The van der Waals surface area contributed by atoms with E-state index in [4.69, 9.17) is 4.42 Å². The molecule has 2 amide bonds. The Bertz CT molecular complexity index is 1210. The number of nitrogens with zero attached hydrogens (tertiary/aromatic N) is 1. The van der Waals surface area contributed by atoms with E-state index in [0.717, 1.165) is 27.9 Å². The van der Waals surface area contributed by atoms with Crippen LogP contribution in [0, 0.1) is 6.92 Å². The van der Waals surface area contributed by atoms with E-state index in [2.05, 4.69) is 15.6 Å². The monoisotopic (exact) mass is 419 g/mol. The number of likely N-dealkylation sites (N-methyl/N-ethyl adjacent to an activating group) is 1. The molecule has 1 aliphatic heterocycles. The van der Waals surface area contributed by atoms with Gasteiger partial charge in [0.1, 0.15) is 22.8 Å². The fourth-order valence-electron chi connectivity index (χ4n) is 3.88. The van der Waals surface area contributed by atoms with E-state index in [1.54, 1.807) is 26.2 Å². The van der Waals surface area contributed by atoms with Crippen molar-refractivity contribution >= 4 is 34.7 Å². The second kappa shape index (κ2) is 8.00. The van der Waals surface area contributed by atoms with Gasteiger partial charge in [-0.3, -0.25) is 9.59 Å². The van der Waals surface area contributed by atoms with Crippen molar-refractivity contribution in [3.8, 4) is 0 Å². The quantitative estimate of drug-likeness (QED) is 0.551. The van der Waals surface area contributed by atoms with Crippen molar-refractivity contribution in [2.45, 2.75) is 38.7 Å². The summed E-state index contributed by atoms with van der Waals surface area (Å²) < 4.78 is 5.99. The number of fused-ring (bicyclic) bond motifs is 2. The van der Waals surface area contributed by atoms with Gasteiger partial charge in [-0.05, 0) is 48.2 Å². The molecule has 7 heteroatoms. The van der Waals surface area contributed by atoms with Crippen molar-refractivity contribution in [1.82, 2.24) is 10.3 Å². The number of para-hydroxylation sites is 1. The standard InChI is InChI=1S/C24H25N3O4/c1-4-24(30)12-17-10-15(13-26-21(17)27-23(24)29)9-16(22(28)25-3)11-20-14(2)18-7-5-6-8-19(18)31-20/h5-10,13,30H,4,11-12H2,1-3H3,(H,25,28)(H,26,27,29)/b16-9+. The maximum atomic E-state index is 12.6. The van der Waals surface area contributed by atoms with Crippen LogP contribution in [0.15, 0.2) is 46.5 Å². The smallest absolute Gasteiger partial charge is 0.257 e. The second-order valence-corrected chi connectivity index (χ2v) is 7.86. The number of pyridine rings is 1. The molecule has 0 fully saturated rings. The predicted molar refractivity (Wildman–Crippen MR) is 119 cm³/mol. The van der Waals surface area contributed by atoms with Crippen molar-refractivity contribution < 1.29 is 19.1 Å².